The van der Waals surface area contributed by atoms with E-state index in [0.717, 1.165) is 30.4 Å². The molecule has 36 heavy (non-hydrogen) atoms. The Labute approximate surface area is 214 Å². The molecular weight excluding hydrogens is 531 g/mol. The first-order valence-corrected chi connectivity index (χ1v) is 16.0. The van der Waals surface area contributed by atoms with Gasteiger partial charge in [-0.15, -0.1) is 11.3 Å². The number of carbonyl (C=O) groups is 1. The second-order valence-corrected chi connectivity index (χ2v) is 13.5. The van der Waals surface area contributed by atoms with Crippen LogP contribution in [0, 0.1) is 0 Å². The van der Waals surface area contributed by atoms with Crippen molar-refractivity contribution in [2.45, 2.75) is 37.9 Å². The van der Waals surface area contributed by atoms with E-state index < -0.39 is 28.9 Å². The number of methoxy groups -OCH3 is 1. The molecule has 0 spiro atoms. The van der Waals surface area contributed by atoms with Crippen LogP contribution in [0.25, 0.3) is 0 Å². The molecule has 1 saturated carbocycles. The van der Waals surface area contributed by atoms with Crippen molar-refractivity contribution in [3.63, 3.8) is 0 Å². The molecule has 200 valence electrons. The molecule has 0 saturated heterocycles. The normalized spacial score (nSPS) is 16.2. The number of rotatable bonds is 15. The minimum Gasteiger partial charge on any atom is -0.493 e. The lowest BCUT2D eigenvalue weighted by Crippen LogP contribution is -2.24. The molecule has 1 amide bonds. The summed E-state index contributed by atoms with van der Waals surface area (Å²) in [7, 11) is -5.31. The SMILES string of the molecule is CCOP(=O)(O)Cc1csc(NC(=O)c2cc(OCCCS(C)(=O)=O)cc(OC3(COC)CC3)c2)n1. The number of hydrogen-bond donors (Lipinski definition) is 2. The van der Waals surface area contributed by atoms with Crippen LogP contribution in [0.1, 0.15) is 42.2 Å². The number of nitrogens with one attached hydrogen (secondary N) is 1. The molecule has 1 aromatic carbocycles. The largest absolute Gasteiger partial charge is 0.493 e. The van der Waals surface area contributed by atoms with Gasteiger partial charge in [0.25, 0.3) is 5.91 Å². The van der Waals surface area contributed by atoms with Crippen molar-refractivity contribution in [2.24, 2.45) is 0 Å². The lowest BCUT2D eigenvalue weighted by atomic mass is 10.2. The van der Waals surface area contributed by atoms with Crippen LogP contribution < -0.4 is 14.8 Å². The maximum absolute atomic E-state index is 13.0. The maximum Gasteiger partial charge on any atom is 0.334 e. The van der Waals surface area contributed by atoms with E-state index in [-0.39, 0.29) is 35.8 Å². The molecule has 2 aromatic rings. The monoisotopic (exact) mass is 562 g/mol. The highest BCUT2D eigenvalue weighted by Gasteiger charge is 2.45. The van der Waals surface area contributed by atoms with Gasteiger partial charge in [0.05, 0.1) is 37.4 Å². The Hall–Kier alpha value is -2.02. The van der Waals surface area contributed by atoms with Crippen LogP contribution in [0.15, 0.2) is 23.6 Å². The number of sulfone groups is 1. The zero-order valence-corrected chi connectivity index (χ0v) is 22.9. The van der Waals surface area contributed by atoms with E-state index in [9.17, 15) is 22.7 Å². The van der Waals surface area contributed by atoms with Gasteiger partial charge in [-0.2, -0.15) is 0 Å². The highest BCUT2D eigenvalue weighted by Crippen LogP contribution is 2.45. The number of anilines is 1. The molecule has 1 heterocycles. The van der Waals surface area contributed by atoms with Crippen molar-refractivity contribution in [1.82, 2.24) is 4.98 Å². The molecule has 3 rings (SSSR count). The summed E-state index contributed by atoms with van der Waals surface area (Å²) in [5, 5.41) is 4.52. The third-order valence-electron chi connectivity index (χ3n) is 5.08. The summed E-state index contributed by atoms with van der Waals surface area (Å²) in [5.41, 5.74) is 0.134. The van der Waals surface area contributed by atoms with E-state index in [1.165, 1.54) is 6.07 Å². The fourth-order valence-electron chi connectivity index (χ4n) is 3.34. The van der Waals surface area contributed by atoms with Crippen LogP contribution in [0.3, 0.4) is 0 Å². The Bertz CT molecular complexity index is 1210. The molecule has 0 bridgehead atoms. The molecule has 1 atom stereocenters. The van der Waals surface area contributed by atoms with Crippen LogP contribution in [0.2, 0.25) is 0 Å². The summed E-state index contributed by atoms with van der Waals surface area (Å²) in [4.78, 5) is 27.0. The van der Waals surface area contributed by atoms with Gasteiger partial charge in [0.2, 0.25) is 0 Å². The minimum absolute atomic E-state index is 0.00999. The molecule has 0 aliphatic heterocycles. The quantitative estimate of drug-likeness (QED) is 0.244. The van der Waals surface area contributed by atoms with E-state index in [4.69, 9.17) is 18.7 Å². The molecule has 14 heteroatoms. The van der Waals surface area contributed by atoms with Gasteiger partial charge in [-0.3, -0.25) is 14.7 Å². The van der Waals surface area contributed by atoms with E-state index in [2.05, 4.69) is 10.3 Å². The molecule has 1 fully saturated rings. The first kappa shape index (κ1) is 28.5. The highest BCUT2D eigenvalue weighted by atomic mass is 32.2. The lowest BCUT2D eigenvalue weighted by Gasteiger charge is -2.19. The van der Waals surface area contributed by atoms with Gasteiger partial charge in [-0.1, -0.05) is 0 Å². The zero-order chi connectivity index (χ0) is 26.4. The Balaban J connectivity index is 1.73. The van der Waals surface area contributed by atoms with Gasteiger partial charge in [0.1, 0.15) is 26.9 Å². The van der Waals surface area contributed by atoms with E-state index in [0.29, 0.717) is 30.2 Å². The third kappa shape index (κ3) is 9.13. The van der Waals surface area contributed by atoms with Crippen LogP contribution in [0.5, 0.6) is 11.5 Å². The Morgan fingerprint density at radius 1 is 1.28 bits per heavy atom. The molecular formula is C22H31N2O9PS2. The topological polar surface area (TPSA) is 150 Å². The standard InChI is InChI=1S/C22H31N2O9PS2/c1-4-32-34(26,27)13-17-14-35-21(23-17)24-20(25)16-10-18(31-8-5-9-36(3,28)29)12-19(11-16)33-22(6-7-22)15-30-2/h10-12,14H,4-9,13,15H2,1-3H3,(H,26,27)(H,23,24,25). The van der Waals surface area contributed by atoms with Crippen molar-refractivity contribution in [3.05, 3.63) is 34.8 Å². The first-order chi connectivity index (χ1) is 16.9. The van der Waals surface area contributed by atoms with Crippen molar-refractivity contribution >= 4 is 39.8 Å². The minimum atomic E-state index is -3.80. The highest BCUT2D eigenvalue weighted by molar-refractivity contribution is 7.90. The number of aromatic nitrogens is 1. The smallest absolute Gasteiger partial charge is 0.334 e. The molecule has 1 aromatic heterocycles. The summed E-state index contributed by atoms with van der Waals surface area (Å²) in [6, 6.07) is 4.77. The summed E-state index contributed by atoms with van der Waals surface area (Å²) in [5.74, 6) is 0.297. The van der Waals surface area contributed by atoms with Gasteiger partial charge in [0.15, 0.2) is 5.13 Å². The van der Waals surface area contributed by atoms with Crippen molar-refractivity contribution < 1.29 is 41.4 Å². The third-order valence-corrected chi connectivity index (χ3v) is 8.31. The van der Waals surface area contributed by atoms with Gasteiger partial charge in [-0.05, 0) is 38.3 Å². The van der Waals surface area contributed by atoms with Crippen LogP contribution in [-0.2, 0) is 29.8 Å². The molecule has 1 aliphatic rings. The number of nitrogens with zero attached hydrogens (tertiary/aromatic N) is 1. The van der Waals surface area contributed by atoms with E-state index >= 15 is 0 Å². The Morgan fingerprint density at radius 3 is 2.64 bits per heavy atom. The zero-order valence-electron chi connectivity index (χ0n) is 20.4. The van der Waals surface area contributed by atoms with E-state index in [1.807, 2.05) is 0 Å². The van der Waals surface area contributed by atoms with Crippen molar-refractivity contribution in [2.75, 3.05) is 44.3 Å². The molecule has 11 nitrogen and oxygen atoms in total. The molecule has 2 N–H and O–H groups in total. The first-order valence-electron chi connectivity index (χ1n) is 11.3. The van der Waals surface area contributed by atoms with Gasteiger partial charge >= 0.3 is 7.60 Å². The second-order valence-electron chi connectivity index (χ2n) is 8.55. The number of amides is 1. The number of carbonyl (C=O) groups excluding carboxylic acids is 1. The predicted octanol–water partition coefficient (Wildman–Crippen LogP) is 3.49. The average Bonchev–Trinajstić information content (AvgIpc) is 3.38. The number of hydrogen-bond acceptors (Lipinski definition) is 10. The molecule has 1 unspecified atom stereocenters. The second kappa shape index (κ2) is 12.0. The number of ether oxygens (including phenoxy) is 3. The molecule has 1 aliphatic carbocycles. The summed E-state index contributed by atoms with van der Waals surface area (Å²) >= 11 is 1.12. The molecule has 0 radical (unpaired) electrons. The van der Waals surface area contributed by atoms with Crippen molar-refractivity contribution in [3.8, 4) is 11.5 Å². The summed E-state index contributed by atoms with van der Waals surface area (Å²) in [6.45, 7) is 2.28. The summed E-state index contributed by atoms with van der Waals surface area (Å²) < 4.78 is 56.7. The number of thiazole rings is 1. The lowest BCUT2D eigenvalue weighted by molar-refractivity contribution is 0.0636. The maximum atomic E-state index is 13.0. The summed E-state index contributed by atoms with van der Waals surface area (Å²) in [6.07, 6.45) is 2.84. The van der Waals surface area contributed by atoms with Gasteiger partial charge in [0, 0.05) is 30.4 Å². The fraction of sp³-hybridized carbons (Fsp3) is 0.545. The van der Waals surface area contributed by atoms with Crippen LogP contribution in [-0.4, -0.2) is 68.7 Å². The van der Waals surface area contributed by atoms with Crippen molar-refractivity contribution in [1.29, 1.82) is 0 Å². The number of benzene rings is 1. The van der Waals surface area contributed by atoms with Gasteiger partial charge in [-0.25, -0.2) is 13.4 Å². The van der Waals surface area contributed by atoms with Gasteiger partial charge < -0.3 is 23.6 Å². The average molecular weight is 563 g/mol. The van der Waals surface area contributed by atoms with E-state index in [1.54, 1.807) is 31.5 Å². The van der Waals surface area contributed by atoms with Crippen LogP contribution >= 0.6 is 18.9 Å². The Morgan fingerprint density at radius 2 is 2.00 bits per heavy atom. The predicted molar refractivity (Wildman–Crippen MR) is 136 cm³/mol. The Kier molecular flexibility index (Phi) is 9.53. The fourth-order valence-corrected chi connectivity index (χ4v) is 5.88. The van der Waals surface area contributed by atoms with Crippen LogP contribution in [0.4, 0.5) is 5.13 Å².